The molecule has 1 saturated heterocycles. The molecule has 1 fully saturated rings. The molecule has 13 heavy (non-hydrogen) atoms. The van der Waals surface area contributed by atoms with E-state index in [1.807, 2.05) is 5.38 Å². The van der Waals surface area contributed by atoms with Crippen molar-refractivity contribution in [1.29, 1.82) is 0 Å². The fraction of sp³-hybridized carbons (Fsp3) is 0.750. The van der Waals surface area contributed by atoms with Crippen LogP contribution in [-0.4, -0.2) is 22.8 Å². The van der Waals surface area contributed by atoms with E-state index in [9.17, 15) is 0 Å². The number of nitrogens with two attached hydrogens (primary N) is 1. The molecule has 0 bridgehead atoms. The van der Waals surface area contributed by atoms with Gasteiger partial charge in [-0.2, -0.15) is 0 Å². The van der Waals surface area contributed by atoms with Crippen LogP contribution in [0.15, 0.2) is 5.38 Å². The lowest BCUT2D eigenvalue weighted by atomic mass is 9.98. The van der Waals surface area contributed by atoms with E-state index in [1.54, 1.807) is 0 Å². The first kappa shape index (κ1) is 9.05. The van der Waals surface area contributed by atoms with Gasteiger partial charge in [0.1, 0.15) is 0 Å². The largest absolute Gasteiger partial charge is 0.381 e. The summed E-state index contributed by atoms with van der Waals surface area (Å²) in [6, 6.07) is 0.0328. The van der Waals surface area contributed by atoms with Crippen molar-refractivity contribution in [2.45, 2.75) is 18.9 Å². The lowest BCUT2D eigenvalue weighted by Crippen LogP contribution is -2.16. The van der Waals surface area contributed by atoms with Gasteiger partial charge in [-0.05, 0) is 30.3 Å². The average molecular weight is 199 g/mol. The summed E-state index contributed by atoms with van der Waals surface area (Å²) >= 11 is 1.35. The maximum absolute atomic E-state index is 5.97. The van der Waals surface area contributed by atoms with Gasteiger partial charge in [-0.3, -0.25) is 0 Å². The fourth-order valence-electron chi connectivity index (χ4n) is 1.58. The van der Waals surface area contributed by atoms with E-state index in [-0.39, 0.29) is 6.04 Å². The van der Waals surface area contributed by atoms with E-state index < -0.39 is 0 Å². The van der Waals surface area contributed by atoms with Crippen LogP contribution in [0.2, 0.25) is 0 Å². The number of rotatable bonds is 3. The lowest BCUT2D eigenvalue weighted by Gasteiger charge is -2.12. The molecular formula is C8H13N3OS. The van der Waals surface area contributed by atoms with Crippen molar-refractivity contribution in [2.24, 2.45) is 11.7 Å². The van der Waals surface area contributed by atoms with Crippen LogP contribution in [0, 0.1) is 5.92 Å². The highest BCUT2D eigenvalue weighted by atomic mass is 32.1. The van der Waals surface area contributed by atoms with Gasteiger partial charge in [0.15, 0.2) is 0 Å². The first-order chi connectivity index (χ1) is 6.36. The van der Waals surface area contributed by atoms with Crippen molar-refractivity contribution in [2.75, 3.05) is 13.2 Å². The normalized spacial score (nSPS) is 24.8. The number of hydrogen-bond acceptors (Lipinski definition) is 5. The summed E-state index contributed by atoms with van der Waals surface area (Å²) in [6.45, 7) is 1.73. The van der Waals surface area contributed by atoms with Crippen LogP contribution in [0.25, 0.3) is 0 Å². The molecule has 2 atom stereocenters. The zero-order valence-electron chi connectivity index (χ0n) is 7.35. The molecule has 1 aromatic heterocycles. The summed E-state index contributed by atoms with van der Waals surface area (Å²) in [5.74, 6) is 0.608. The van der Waals surface area contributed by atoms with Crippen molar-refractivity contribution in [3.8, 4) is 0 Å². The van der Waals surface area contributed by atoms with Gasteiger partial charge in [0.25, 0.3) is 0 Å². The Labute approximate surface area is 81.3 Å². The van der Waals surface area contributed by atoms with Gasteiger partial charge < -0.3 is 10.5 Å². The van der Waals surface area contributed by atoms with Crippen LogP contribution >= 0.6 is 11.5 Å². The topological polar surface area (TPSA) is 61.0 Å². The molecule has 1 aromatic rings. The molecule has 4 nitrogen and oxygen atoms in total. The van der Waals surface area contributed by atoms with Crippen LogP contribution in [0.5, 0.6) is 0 Å². The quantitative estimate of drug-likeness (QED) is 0.787. The molecule has 5 heteroatoms. The Kier molecular flexibility index (Phi) is 2.87. The van der Waals surface area contributed by atoms with Crippen LogP contribution in [0.4, 0.5) is 0 Å². The molecule has 72 valence electrons. The van der Waals surface area contributed by atoms with Gasteiger partial charge in [0.05, 0.1) is 11.7 Å². The molecule has 0 radical (unpaired) electrons. The van der Waals surface area contributed by atoms with Gasteiger partial charge in [0, 0.05) is 18.6 Å². The predicted octanol–water partition coefficient (Wildman–Crippen LogP) is 0.964. The summed E-state index contributed by atoms with van der Waals surface area (Å²) in [5, 5.41) is 5.88. The smallest absolute Gasteiger partial charge is 0.0922 e. The van der Waals surface area contributed by atoms with Crippen molar-refractivity contribution in [3.63, 3.8) is 0 Å². The molecule has 1 aliphatic rings. The number of nitrogens with zero attached hydrogens (tertiary/aromatic N) is 2. The van der Waals surface area contributed by atoms with Crippen molar-refractivity contribution >= 4 is 11.5 Å². The Bertz CT molecular complexity index is 246. The molecule has 0 aliphatic carbocycles. The van der Waals surface area contributed by atoms with E-state index >= 15 is 0 Å². The van der Waals surface area contributed by atoms with Crippen LogP contribution in [0.1, 0.15) is 24.6 Å². The number of aromatic nitrogens is 2. The highest BCUT2D eigenvalue weighted by Crippen LogP contribution is 2.23. The molecule has 2 unspecified atom stereocenters. The van der Waals surface area contributed by atoms with Gasteiger partial charge in [-0.15, -0.1) is 5.10 Å². The third-order valence-corrected chi connectivity index (χ3v) is 2.89. The maximum atomic E-state index is 5.97. The standard InChI is InChI=1S/C8H13N3OS/c9-7(8-5-13-11-10-8)3-6-1-2-12-4-6/h5-7H,1-4,9H2. The van der Waals surface area contributed by atoms with Gasteiger partial charge in [-0.1, -0.05) is 4.49 Å². The minimum atomic E-state index is 0.0328. The first-order valence-electron chi connectivity index (χ1n) is 4.46. The second-order valence-corrected chi connectivity index (χ2v) is 4.01. The Morgan fingerprint density at radius 3 is 3.31 bits per heavy atom. The molecule has 2 rings (SSSR count). The van der Waals surface area contributed by atoms with Crippen molar-refractivity contribution in [1.82, 2.24) is 9.59 Å². The van der Waals surface area contributed by atoms with Crippen LogP contribution in [-0.2, 0) is 4.74 Å². The Morgan fingerprint density at radius 2 is 2.69 bits per heavy atom. The molecule has 2 heterocycles. The second kappa shape index (κ2) is 4.13. The van der Waals surface area contributed by atoms with Crippen molar-refractivity contribution < 1.29 is 4.74 Å². The summed E-state index contributed by atoms with van der Waals surface area (Å²) in [5.41, 5.74) is 6.88. The highest BCUT2D eigenvalue weighted by molar-refractivity contribution is 7.03. The maximum Gasteiger partial charge on any atom is 0.0922 e. The summed E-state index contributed by atoms with van der Waals surface area (Å²) < 4.78 is 9.08. The third kappa shape index (κ3) is 2.24. The monoisotopic (exact) mass is 199 g/mol. The van der Waals surface area contributed by atoms with Crippen molar-refractivity contribution in [3.05, 3.63) is 11.1 Å². The zero-order chi connectivity index (χ0) is 9.10. The van der Waals surface area contributed by atoms with Crippen LogP contribution < -0.4 is 5.73 Å². The lowest BCUT2D eigenvalue weighted by molar-refractivity contribution is 0.182. The third-order valence-electron chi connectivity index (χ3n) is 2.37. The molecule has 0 aromatic carbocycles. The Hall–Kier alpha value is -0.520. The highest BCUT2D eigenvalue weighted by Gasteiger charge is 2.20. The minimum absolute atomic E-state index is 0.0328. The average Bonchev–Trinajstić information content (AvgIpc) is 2.74. The van der Waals surface area contributed by atoms with E-state index in [2.05, 4.69) is 9.59 Å². The molecule has 0 saturated carbocycles. The van der Waals surface area contributed by atoms with Gasteiger partial charge >= 0.3 is 0 Å². The molecular weight excluding hydrogens is 186 g/mol. The van der Waals surface area contributed by atoms with E-state index in [0.29, 0.717) is 5.92 Å². The molecule has 0 spiro atoms. The summed E-state index contributed by atoms with van der Waals surface area (Å²) in [4.78, 5) is 0. The number of hydrogen-bond donors (Lipinski definition) is 1. The van der Waals surface area contributed by atoms with E-state index in [4.69, 9.17) is 10.5 Å². The molecule has 0 amide bonds. The molecule has 2 N–H and O–H groups in total. The van der Waals surface area contributed by atoms with Crippen LogP contribution in [0.3, 0.4) is 0 Å². The SMILES string of the molecule is NC(CC1CCOC1)c1csnn1. The Morgan fingerprint density at radius 1 is 1.77 bits per heavy atom. The zero-order valence-corrected chi connectivity index (χ0v) is 8.17. The second-order valence-electron chi connectivity index (χ2n) is 3.40. The van der Waals surface area contributed by atoms with E-state index in [1.165, 1.54) is 11.5 Å². The van der Waals surface area contributed by atoms with Gasteiger partial charge in [-0.25, -0.2) is 0 Å². The molecule has 1 aliphatic heterocycles. The summed E-state index contributed by atoms with van der Waals surface area (Å²) in [6.07, 6.45) is 2.09. The van der Waals surface area contributed by atoms with E-state index in [0.717, 1.165) is 31.7 Å². The Balaban J connectivity index is 1.87. The predicted molar refractivity (Wildman–Crippen MR) is 50.4 cm³/mol. The number of ether oxygens (including phenoxy) is 1. The fourth-order valence-corrected chi connectivity index (χ4v) is 2.10. The summed E-state index contributed by atoms with van der Waals surface area (Å²) in [7, 11) is 0. The minimum Gasteiger partial charge on any atom is -0.381 e. The van der Waals surface area contributed by atoms with Gasteiger partial charge in [0.2, 0.25) is 0 Å². The first-order valence-corrected chi connectivity index (χ1v) is 5.30.